The second-order valence-electron chi connectivity index (χ2n) is 10.4. The summed E-state index contributed by atoms with van der Waals surface area (Å²) < 4.78 is 37.7. The van der Waals surface area contributed by atoms with Gasteiger partial charge in [-0.25, -0.2) is 8.42 Å². The second-order valence-corrected chi connectivity index (χ2v) is 12.8. The van der Waals surface area contributed by atoms with Gasteiger partial charge in [0.15, 0.2) is 0 Å². The van der Waals surface area contributed by atoms with Crippen molar-refractivity contribution in [2.45, 2.75) is 63.2 Å². The summed E-state index contributed by atoms with van der Waals surface area (Å²) in [5, 5.41) is 13.3. The molecule has 11 nitrogen and oxygen atoms in total. The molecular formula is C28H35ClN4O7S. The Morgan fingerprint density at radius 1 is 1.00 bits per heavy atom. The van der Waals surface area contributed by atoms with E-state index in [9.17, 15) is 22.8 Å². The Morgan fingerprint density at radius 2 is 1.63 bits per heavy atom. The number of hydrogen-bond donors (Lipinski definition) is 2. The number of carbonyl (C=O) groups excluding carboxylic acids is 3. The van der Waals surface area contributed by atoms with E-state index in [0.29, 0.717) is 43.8 Å². The van der Waals surface area contributed by atoms with Gasteiger partial charge < -0.3 is 19.7 Å². The lowest BCUT2D eigenvalue weighted by atomic mass is 9.85. The summed E-state index contributed by atoms with van der Waals surface area (Å²) in [6.45, 7) is 3.76. The molecule has 0 spiro atoms. The van der Waals surface area contributed by atoms with Crippen LogP contribution in [0, 0.1) is 11.3 Å². The quantitative estimate of drug-likeness (QED) is 0.201. The molecule has 2 aliphatic rings. The van der Waals surface area contributed by atoms with Gasteiger partial charge >= 0.3 is 11.9 Å². The van der Waals surface area contributed by atoms with Gasteiger partial charge in [0.05, 0.1) is 4.90 Å². The van der Waals surface area contributed by atoms with Crippen LogP contribution in [-0.2, 0) is 33.9 Å². The maximum atomic E-state index is 13.3. The van der Waals surface area contributed by atoms with E-state index in [1.165, 1.54) is 18.2 Å². The molecule has 1 amide bonds. The van der Waals surface area contributed by atoms with Crippen LogP contribution in [0.15, 0.2) is 41.3 Å². The standard InChI is InChI=1S/C28H35ClN4O7S/c1-18(34)39-19(2)40-27(35)17-26(30)31-24-8-4-20(5-9-24)28(36)32-11-13-33(14-12-32)41(37,38)25-10-6-21-15-23(29)7-3-22(21)16-25/h3,6-7,10,15-16,19-20,24H,4-5,8-9,11-14,17H2,1-2H3,(H2,30,31)/t19?,20-,24-. The minimum Gasteiger partial charge on any atom is -0.426 e. The Morgan fingerprint density at radius 3 is 2.29 bits per heavy atom. The van der Waals surface area contributed by atoms with Crippen molar-refractivity contribution in [3.63, 3.8) is 0 Å². The number of hydrogen-bond acceptors (Lipinski definition) is 8. The number of piperazine rings is 1. The largest absolute Gasteiger partial charge is 0.426 e. The molecule has 1 atom stereocenters. The van der Waals surface area contributed by atoms with Crippen molar-refractivity contribution >= 4 is 56.1 Å². The summed E-state index contributed by atoms with van der Waals surface area (Å²) in [5.41, 5.74) is 0. The Labute approximate surface area is 244 Å². The van der Waals surface area contributed by atoms with Crippen LogP contribution in [0.3, 0.4) is 0 Å². The van der Waals surface area contributed by atoms with Crippen LogP contribution in [0.1, 0.15) is 46.0 Å². The van der Waals surface area contributed by atoms with Crippen LogP contribution in [0.4, 0.5) is 0 Å². The predicted octanol–water partition coefficient (Wildman–Crippen LogP) is 3.29. The van der Waals surface area contributed by atoms with Crippen molar-refractivity contribution < 1.29 is 32.3 Å². The maximum absolute atomic E-state index is 13.3. The molecule has 0 bridgehead atoms. The summed E-state index contributed by atoms with van der Waals surface area (Å²) in [6.07, 6.45) is 1.31. The van der Waals surface area contributed by atoms with Crippen molar-refractivity contribution in [1.29, 1.82) is 5.41 Å². The van der Waals surface area contributed by atoms with Gasteiger partial charge in [-0.3, -0.25) is 19.8 Å². The third-order valence-electron chi connectivity index (χ3n) is 7.37. The predicted molar refractivity (Wildman–Crippen MR) is 153 cm³/mol. The highest BCUT2D eigenvalue weighted by atomic mass is 35.5. The lowest BCUT2D eigenvalue weighted by Crippen LogP contribution is -2.52. The molecule has 1 saturated carbocycles. The molecule has 2 N–H and O–H groups in total. The smallest absolute Gasteiger partial charge is 0.316 e. The van der Waals surface area contributed by atoms with Crippen LogP contribution in [0.5, 0.6) is 0 Å². The van der Waals surface area contributed by atoms with Crippen LogP contribution in [0.25, 0.3) is 10.8 Å². The van der Waals surface area contributed by atoms with Gasteiger partial charge in [-0.15, -0.1) is 0 Å². The summed E-state index contributed by atoms with van der Waals surface area (Å²) in [4.78, 5) is 38.0. The fourth-order valence-electron chi connectivity index (χ4n) is 5.32. The highest BCUT2D eigenvalue weighted by Gasteiger charge is 2.34. The number of ether oxygens (including phenoxy) is 2. The molecule has 2 aromatic carbocycles. The van der Waals surface area contributed by atoms with Crippen LogP contribution in [-0.4, -0.2) is 79.8 Å². The molecule has 0 aromatic heterocycles. The van der Waals surface area contributed by atoms with Crippen molar-refractivity contribution in [2.24, 2.45) is 5.92 Å². The van der Waals surface area contributed by atoms with E-state index in [1.54, 1.807) is 41.3 Å². The van der Waals surface area contributed by atoms with E-state index in [-0.39, 0.29) is 48.1 Å². The molecule has 1 aliphatic carbocycles. The second kappa shape index (κ2) is 13.2. The number of halogens is 1. The minimum absolute atomic E-state index is 0.00680. The highest BCUT2D eigenvalue weighted by molar-refractivity contribution is 7.89. The fourth-order valence-corrected chi connectivity index (χ4v) is 6.96. The Bertz CT molecular complexity index is 1420. The number of benzene rings is 2. The SMILES string of the molecule is CC(=O)OC(C)OC(=O)CC(=N)N[C@H]1CC[C@H](C(=O)N2CCN(S(=O)(=O)c3ccc4cc(Cl)ccc4c3)CC2)CC1. The third-order valence-corrected chi connectivity index (χ3v) is 9.50. The van der Waals surface area contributed by atoms with Crippen molar-refractivity contribution in [2.75, 3.05) is 26.2 Å². The van der Waals surface area contributed by atoms with Crippen LogP contribution >= 0.6 is 11.6 Å². The topological polar surface area (TPSA) is 146 Å². The average Bonchev–Trinajstić information content (AvgIpc) is 2.92. The van der Waals surface area contributed by atoms with Crippen LogP contribution in [0.2, 0.25) is 5.02 Å². The zero-order chi connectivity index (χ0) is 29.7. The molecule has 2 aromatic rings. The lowest BCUT2D eigenvalue weighted by Gasteiger charge is -2.37. The number of fused-ring (bicyclic) bond motifs is 1. The van der Waals surface area contributed by atoms with E-state index in [2.05, 4.69) is 5.32 Å². The van der Waals surface area contributed by atoms with Crippen molar-refractivity contribution in [1.82, 2.24) is 14.5 Å². The first-order valence-corrected chi connectivity index (χ1v) is 15.4. The lowest BCUT2D eigenvalue weighted by molar-refractivity contribution is -0.181. The minimum atomic E-state index is -3.70. The number of rotatable bonds is 8. The fraction of sp³-hybridized carbons (Fsp3) is 0.500. The molecule has 0 radical (unpaired) electrons. The normalized spacial score (nSPS) is 20.7. The number of nitrogens with one attached hydrogen (secondary N) is 2. The molecule has 1 aliphatic heterocycles. The van der Waals surface area contributed by atoms with E-state index in [4.69, 9.17) is 26.5 Å². The van der Waals surface area contributed by atoms with E-state index in [1.807, 2.05) is 0 Å². The van der Waals surface area contributed by atoms with Gasteiger partial charge in [-0.1, -0.05) is 23.7 Å². The molecule has 1 heterocycles. The summed E-state index contributed by atoms with van der Waals surface area (Å²) in [6, 6.07) is 10.3. The van der Waals surface area contributed by atoms with Crippen LogP contribution < -0.4 is 5.32 Å². The van der Waals surface area contributed by atoms with Gasteiger partial charge in [-0.05, 0) is 60.7 Å². The first-order valence-electron chi connectivity index (χ1n) is 13.6. The first kappa shape index (κ1) is 30.7. The van der Waals surface area contributed by atoms with E-state index in [0.717, 1.165) is 10.8 Å². The van der Waals surface area contributed by atoms with Gasteiger partial charge in [0.2, 0.25) is 22.2 Å². The molecule has 4 rings (SSSR count). The van der Waals surface area contributed by atoms with E-state index >= 15 is 0 Å². The van der Waals surface area contributed by atoms with Crippen molar-refractivity contribution in [3.8, 4) is 0 Å². The number of sulfonamides is 1. The average molecular weight is 607 g/mol. The number of amides is 1. The molecular weight excluding hydrogens is 572 g/mol. The monoisotopic (exact) mass is 606 g/mol. The molecule has 1 saturated heterocycles. The third kappa shape index (κ3) is 7.96. The zero-order valence-corrected chi connectivity index (χ0v) is 24.7. The van der Waals surface area contributed by atoms with Gasteiger partial charge in [-0.2, -0.15) is 4.31 Å². The number of nitrogens with zero attached hydrogens (tertiary/aromatic N) is 2. The molecule has 222 valence electrons. The Kier molecular flexibility index (Phi) is 9.88. The summed E-state index contributed by atoms with van der Waals surface area (Å²) in [7, 11) is -3.70. The molecule has 1 unspecified atom stereocenters. The zero-order valence-electron chi connectivity index (χ0n) is 23.1. The summed E-state index contributed by atoms with van der Waals surface area (Å²) >= 11 is 6.04. The summed E-state index contributed by atoms with van der Waals surface area (Å²) in [5.74, 6) is -1.36. The molecule has 13 heteroatoms. The number of esters is 2. The Balaban J connectivity index is 1.22. The van der Waals surface area contributed by atoms with Gasteiger partial charge in [0, 0.05) is 57.0 Å². The maximum Gasteiger partial charge on any atom is 0.316 e. The number of carbonyl (C=O) groups is 3. The first-order chi connectivity index (χ1) is 19.4. The molecule has 41 heavy (non-hydrogen) atoms. The van der Waals surface area contributed by atoms with E-state index < -0.39 is 28.3 Å². The van der Waals surface area contributed by atoms with Gasteiger partial charge in [0.1, 0.15) is 12.3 Å². The van der Waals surface area contributed by atoms with Crippen molar-refractivity contribution in [3.05, 3.63) is 41.4 Å². The molecule has 2 fully saturated rings. The number of amidine groups is 1. The highest BCUT2D eigenvalue weighted by Crippen LogP contribution is 2.28. The Hall–Kier alpha value is -3.22. The van der Waals surface area contributed by atoms with Gasteiger partial charge in [0.25, 0.3) is 0 Å².